The zero-order valence-corrected chi connectivity index (χ0v) is 11.6. The van der Waals surface area contributed by atoms with E-state index >= 15 is 0 Å². The Bertz CT molecular complexity index is 452. The minimum atomic E-state index is -0.415. The van der Waals surface area contributed by atoms with E-state index in [1.54, 1.807) is 23.9 Å². The third kappa shape index (κ3) is 4.31. The van der Waals surface area contributed by atoms with Crippen LogP contribution in [0.25, 0.3) is 0 Å². The Morgan fingerprint density at radius 2 is 2.16 bits per heavy atom. The van der Waals surface area contributed by atoms with Crippen LogP contribution in [0.1, 0.15) is 43.2 Å². The standard InChI is InChI=1S/C13H21N3O3/c1-9(2)16-8-10(14)7-11(16)13(18)19-6-4-5-12(17)15-3/h7-9H,4-6,14H2,1-3H3,(H,15,17). The van der Waals surface area contributed by atoms with Gasteiger partial charge in [-0.3, -0.25) is 4.79 Å². The second-order valence-corrected chi connectivity index (χ2v) is 4.57. The smallest absolute Gasteiger partial charge is 0.355 e. The Balaban J connectivity index is 2.52. The quantitative estimate of drug-likeness (QED) is 0.601. The molecule has 1 heterocycles. The molecule has 0 bridgehead atoms. The molecule has 1 rings (SSSR count). The van der Waals surface area contributed by atoms with Gasteiger partial charge in [-0.1, -0.05) is 0 Å². The van der Waals surface area contributed by atoms with Crippen LogP contribution in [-0.4, -0.2) is 30.1 Å². The van der Waals surface area contributed by atoms with Crippen LogP contribution in [0.2, 0.25) is 0 Å². The number of nitrogens with one attached hydrogen (secondary N) is 1. The summed E-state index contributed by atoms with van der Waals surface area (Å²) in [7, 11) is 1.58. The Kier molecular flexibility index (Phi) is 5.41. The van der Waals surface area contributed by atoms with Gasteiger partial charge in [-0.2, -0.15) is 0 Å². The average Bonchev–Trinajstić information content (AvgIpc) is 2.76. The molecule has 6 heteroatoms. The molecule has 0 aromatic carbocycles. The molecule has 0 spiro atoms. The zero-order valence-electron chi connectivity index (χ0n) is 11.6. The molecule has 0 saturated carbocycles. The van der Waals surface area contributed by atoms with Gasteiger partial charge < -0.3 is 20.4 Å². The molecule has 1 amide bonds. The van der Waals surface area contributed by atoms with E-state index < -0.39 is 5.97 Å². The molecule has 3 N–H and O–H groups in total. The van der Waals surface area contributed by atoms with Crippen molar-refractivity contribution in [3.05, 3.63) is 18.0 Å². The minimum Gasteiger partial charge on any atom is -0.461 e. The van der Waals surface area contributed by atoms with Gasteiger partial charge in [0.25, 0.3) is 0 Å². The predicted octanol–water partition coefficient (Wildman–Crippen LogP) is 1.33. The van der Waals surface area contributed by atoms with Crippen molar-refractivity contribution in [3.63, 3.8) is 0 Å². The van der Waals surface area contributed by atoms with Gasteiger partial charge in [0, 0.05) is 25.7 Å². The molecule has 19 heavy (non-hydrogen) atoms. The lowest BCUT2D eigenvalue weighted by molar-refractivity contribution is -0.120. The summed E-state index contributed by atoms with van der Waals surface area (Å²) < 4.78 is 6.91. The fraction of sp³-hybridized carbons (Fsp3) is 0.538. The summed E-state index contributed by atoms with van der Waals surface area (Å²) in [5.74, 6) is -0.479. The second kappa shape index (κ2) is 6.82. The molecule has 6 nitrogen and oxygen atoms in total. The Morgan fingerprint density at radius 1 is 1.47 bits per heavy atom. The lowest BCUT2D eigenvalue weighted by Gasteiger charge is -2.12. The number of nitrogens with two attached hydrogens (primary N) is 1. The molecule has 0 aliphatic heterocycles. The fourth-order valence-electron chi connectivity index (χ4n) is 1.69. The van der Waals surface area contributed by atoms with Crippen molar-refractivity contribution in [2.75, 3.05) is 19.4 Å². The number of esters is 1. The van der Waals surface area contributed by atoms with Crippen LogP contribution in [0.15, 0.2) is 12.3 Å². The molecule has 1 aromatic heterocycles. The van der Waals surface area contributed by atoms with E-state index in [0.29, 0.717) is 24.2 Å². The van der Waals surface area contributed by atoms with E-state index in [1.807, 2.05) is 13.8 Å². The highest BCUT2D eigenvalue weighted by Crippen LogP contribution is 2.17. The normalized spacial score (nSPS) is 10.5. The van der Waals surface area contributed by atoms with Crippen molar-refractivity contribution in [2.45, 2.75) is 32.7 Å². The number of anilines is 1. The maximum atomic E-state index is 11.9. The second-order valence-electron chi connectivity index (χ2n) is 4.57. The van der Waals surface area contributed by atoms with Crippen molar-refractivity contribution >= 4 is 17.6 Å². The summed E-state index contributed by atoms with van der Waals surface area (Å²) in [5.41, 5.74) is 6.66. The Hall–Kier alpha value is -1.98. The predicted molar refractivity (Wildman–Crippen MR) is 72.8 cm³/mol. The van der Waals surface area contributed by atoms with Gasteiger partial charge in [-0.05, 0) is 26.3 Å². The van der Waals surface area contributed by atoms with Gasteiger partial charge in [-0.15, -0.1) is 0 Å². The third-order valence-electron chi connectivity index (χ3n) is 2.70. The molecule has 0 saturated heterocycles. The van der Waals surface area contributed by atoms with Crippen LogP contribution in [0, 0.1) is 0 Å². The molecular weight excluding hydrogens is 246 g/mol. The van der Waals surface area contributed by atoms with E-state index in [-0.39, 0.29) is 18.6 Å². The summed E-state index contributed by atoms with van der Waals surface area (Å²) in [6, 6.07) is 1.73. The summed E-state index contributed by atoms with van der Waals surface area (Å²) in [5, 5.41) is 2.51. The van der Waals surface area contributed by atoms with Crippen molar-refractivity contribution in [1.82, 2.24) is 9.88 Å². The number of hydrogen-bond donors (Lipinski definition) is 2. The highest BCUT2D eigenvalue weighted by molar-refractivity contribution is 5.89. The number of amides is 1. The van der Waals surface area contributed by atoms with Gasteiger partial charge in [0.1, 0.15) is 5.69 Å². The number of aromatic nitrogens is 1. The molecule has 0 aliphatic carbocycles. The number of carbonyl (C=O) groups excluding carboxylic acids is 2. The van der Waals surface area contributed by atoms with E-state index in [0.717, 1.165) is 0 Å². The first-order chi connectivity index (χ1) is 8.95. The lowest BCUT2D eigenvalue weighted by Crippen LogP contribution is -2.18. The number of nitrogens with zero attached hydrogens (tertiary/aromatic N) is 1. The molecule has 0 unspecified atom stereocenters. The first-order valence-electron chi connectivity index (χ1n) is 6.30. The minimum absolute atomic E-state index is 0.0640. The van der Waals surface area contributed by atoms with Gasteiger partial charge in [-0.25, -0.2) is 4.79 Å². The molecule has 106 valence electrons. The van der Waals surface area contributed by atoms with Gasteiger partial charge in [0.2, 0.25) is 5.91 Å². The van der Waals surface area contributed by atoms with Crippen LogP contribution in [0.3, 0.4) is 0 Å². The van der Waals surface area contributed by atoms with E-state index in [1.165, 1.54) is 0 Å². The lowest BCUT2D eigenvalue weighted by atomic mass is 10.3. The third-order valence-corrected chi connectivity index (χ3v) is 2.70. The largest absolute Gasteiger partial charge is 0.461 e. The molecule has 0 radical (unpaired) electrons. The van der Waals surface area contributed by atoms with Crippen LogP contribution in [-0.2, 0) is 9.53 Å². The summed E-state index contributed by atoms with van der Waals surface area (Å²) in [6.45, 7) is 4.14. The highest BCUT2D eigenvalue weighted by Gasteiger charge is 2.16. The summed E-state index contributed by atoms with van der Waals surface area (Å²) >= 11 is 0. The van der Waals surface area contributed by atoms with Crippen molar-refractivity contribution in [2.24, 2.45) is 0 Å². The van der Waals surface area contributed by atoms with Gasteiger partial charge in [0.15, 0.2) is 0 Å². The van der Waals surface area contributed by atoms with E-state index in [4.69, 9.17) is 10.5 Å². The van der Waals surface area contributed by atoms with Gasteiger partial charge in [0.05, 0.1) is 12.3 Å². The summed E-state index contributed by atoms with van der Waals surface area (Å²) in [6.07, 6.45) is 2.56. The SMILES string of the molecule is CNC(=O)CCCOC(=O)c1cc(N)cn1C(C)C. The van der Waals surface area contributed by atoms with E-state index in [2.05, 4.69) is 5.32 Å². The highest BCUT2D eigenvalue weighted by atomic mass is 16.5. The Morgan fingerprint density at radius 3 is 2.74 bits per heavy atom. The van der Waals surface area contributed by atoms with E-state index in [9.17, 15) is 9.59 Å². The zero-order chi connectivity index (χ0) is 14.4. The molecule has 0 atom stereocenters. The number of ether oxygens (including phenoxy) is 1. The van der Waals surface area contributed by atoms with Crippen molar-refractivity contribution in [1.29, 1.82) is 0 Å². The maximum Gasteiger partial charge on any atom is 0.355 e. The van der Waals surface area contributed by atoms with Crippen LogP contribution >= 0.6 is 0 Å². The topological polar surface area (TPSA) is 86.3 Å². The average molecular weight is 267 g/mol. The number of hydrogen-bond acceptors (Lipinski definition) is 4. The Labute approximate surface area is 112 Å². The fourth-order valence-corrected chi connectivity index (χ4v) is 1.69. The number of rotatable bonds is 6. The number of nitrogen functional groups attached to an aromatic ring is 1. The maximum absolute atomic E-state index is 11.9. The number of carbonyl (C=O) groups is 2. The molecule has 1 aromatic rings. The molecular formula is C13H21N3O3. The first-order valence-corrected chi connectivity index (χ1v) is 6.30. The monoisotopic (exact) mass is 267 g/mol. The van der Waals surface area contributed by atoms with Crippen LogP contribution in [0.4, 0.5) is 5.69 Å². The van der Waals surface area contributed by atoms with Crippen molar-refractivity contribution in [3.8, 4) is 0 Å². The van der Waals surface area contributed by atoms with Crippen LogP contribution < -0.4 is 11.1 Å². The van der Waals surface area contributed by atoms with Crippen LogP contribution in [0.5, 0.6) is 0 Å². The first kappa shape index (κ1) is 15.1. The van der Waals surface area contributed by atoms with Gasteiger partial charge >= 0.3 is 5.97 Å². The summed E-state index contributed by atoms with van der Waals surface area (Å²) in [4.78, 5) is 22.9. The molecule has 0 aliphatic rings. The van der Waals surface area contributed by atoms with Crippen molar-refractivity contribution < 1.29 is 14.3 Å². The molecule has 0 fully saturated rings.